The number of rotatable bonds is 3. The van der Waals surface area contributed by atoms with Gasteiger partial charge in [0.1, 0.15) is 5.69 Å². The van der Waals surface area contributed by atoms with Crippen molar-refractivity contribution in [3.05, 3.63) is 53.6 Å². The van der Waals surface area contributed by atoms with Crippen LogP contribution in [0.1, 0.15) is 28.0 Å². The van der Waals surface area contributed by atoms with Crippen LogP contribution in [-0.2, 0) is 6.42 Å². The van der Waals surface area contributed by atoms with Gasteiger partial charge in [-0.2, -0.15) is 0 Å². The maximum absolute atomic E-state index is 12.3. The Labute approximate surface area is 130 Å². The summed E-state index contributed by atoms with van der Waals surface area (Å²) in [5.74, 6) is 0.110. The number of benzene rings is 1. The fraction of sp³-hybridized carbons (Fsp3) is 0.412. The van der Waals surface area contributed by atoms with E-state index in [1.807, 2.05) is 0 Å². The molecule has 116 valence electrons. The SMILES string of the molecule is Cc1ccc(C[C@H]2CCN(C(=O)c3cnc[nH]3)C[C@H]2O)cc1. The predicted molar refractivity (Wildman–Crippen MR) is 83.5 cm³/mol. The summed E-state index contributed by atoms with van der Waals surface area (Å²) in [7, 11) is 0. The van der Waals surface area contributed by atoms with Crippen molar-refractivity contribution in [3.8, 4) is 0 Å². The average Bonchev–Trinajstić information content (AvgIpc) is 3.05. The van der Waals surface area contributed by atoms with Crippen LogP contribution in [0.25, 0.3) is 0 Å². The Balaban J connectivity index is 1.60. The van der Waals surface area contributed by atoms with Gasteiger partial charge < -0.3 is 15.0 Å². The molecular weight excluding hydrogens is 278 g/mol. The number of aromatic nitrogens is 2. The van der Waals surface area contributed by atoms with Gasteiger partial charge in [-0.1, -0.05) is 29.8 Å². The van der Waals surface area contributed by atoms with Crippen LogP contribution in [0.15, 0.2) is 36.8 Å². The molecule has 0 saturated carbocycles. The molecule has 1 aromatic heterocycles. The molecule has 2 aromatic rings. The highest BCUT2D eigenvalue weighted by Gasteiger charge is 2.30. The first-order valence-electron chi connectivity index (χ1n) is 7.65. The highest BCUT2D eigenvalue weighted by molar-refractivity contribution is 5.92. The summed E-state index contributed by atoms with van der Waals surface area (Å²) in [6.07, 6.45) is 4.20. The number of hydrogen-bond donors (Lipinski definition) is 2. The Bertz CT molecular complexity index is 622. The minimum atomic E-state index is -0.484. The van der Waals surface area contributed by atoms with Crippen LogP contribution in [0.2, 0.25) is 0 Å². The monoisotopic (exact) mass is 299 g/mol. The first-order valence-corrected chi connectivity index (χ1v) is 7.65. The zero-order chi connectivity index (χ0) is 15.5. The number of hydrogen-bond acceptors (Lipinski definition) is 3. The molecule has 1 aliphatic rings. The second kappa shape index (κ2) is 6.32. The summed E-state index contributed by atoms with van der Waals surface area (Å²) in [6, 6.07) is 8.42. The van der Waals surface area contributed by atoms with Crippen molar-refractivity contribution >= 4 is 5.91 Å². The minimum absolute atomic E-state index is 0.0923. The van der Waals surface area contributed by atoms with E-state index in [0.717, 1.165) is 12.8 Å². The molecule has 2 N–H and O–H groups in total. The van der Waals surface area contributed by atoms with E-state index < -0.39 is 6.10 Å². The van der Waals surface area contributed by atoms with Crippen LogP contribution in [-0.4, -0.2) is 45.1 Å². The van der Waals surface area contributed by atoms with E-state index in [2.05, 4.69) is 41.2 Å². The number of aryl methyl sites for hydroxylation is 1. The third-order valence-electron chi connectivity index (χ3n) is 4.36. The van der Waals surface area contributed by atoms with Crippen LogP contribution >= 0.6 is 0 Å². The summed E-state index contributed by atoms with van der Waals surface area (Å²) in [5, 5.41) is 10.4. The van der Waals surface area contributed by atoms with E-state index in [-0.39, 0.29) is 11.8 Å². The molecule has 1 aromatic carbocycles. The summed E-state index contributed by atoms with van der Waals surface area (Å²) < 4.78 is 0. The van der Waals surface area contributed by atoms with Gasteiger partial charge >= 0.3 is 0 Å². The maximum Gasteiger partial charge on any atom is 0.272 e. The zero-order valence-corrected chi connectivity index (χ0v) is 12.7. The Hall–Kier alpha value is -2.14. The van der Waals surface area contributed by atoms with E-state index >= 15 is 0 Å². The molecule has 5 heteroatoms. The molecule has 0 unspecified atom stereocenters. The predicted octanol–water partition coefficient (Wildman–Crippen LogP) is 1.78. The van der Waals surface area contributed by atoms with Gasteiger partial charge in [-0.25, -0.2) is 4.98 Å². The molecule has 5 nitrogen and oxygen atoms in total. The molecule has 1 amide bonds. The van der Waals surface area contributed by atoms with Gasteiger partial charge in [-0.05, 0) is 31.2 Å². The largest absolute Gasteiger partial charge is 0.391 e. The fourth-order valence-corrected chi connectivity index (χ4v) is 2.97. The smallest absolute Gasteiger partial charge is 0.272 e. The standard InChI is InChI=1S/C17H21N3O2/c1-12-2-4-13(5-3-12)8-14-6-7-20(10-16(14)21)17(22)15-9-18-11-19-15/h2-5,9,11,14,16,21H,6-8,10H2,1H3,(H,18,19)/t14-,16-/m1/s1. The lowest BCUT2D eigenvalue weighted by atomic mass is 9.87. The van der Waals surface area contributed by atoms with Crippen LogP contribution in [0, 0.1) is 12.8 Å². The van der Waals surface area contributed by atoms with Crippen molar-refractivity contribution in [1.29, 1.82) is 0 Å². The highest BCUT2D eigenvalue weighted by Crippen LogP contribution is 2.23. The van der Waals surface area contributed by atoms with Gasteiger partial charge in [0.2, 0.25) is 0 Å². The van der Waals surface area contributed by atoms with Crippen LogP contribution < -0.4 is 0 Å². The highest BCUT2D eigenvalue weighted by atomic mass is 16.3. The number of aromatic amines is 1. The Kier molecular flexibility index (Phi) is 4.24. The summed E-state index contributed by atoms with van der Waals surface area (Å²) in [6.45, 7) is 3.12. The molecule has 22 heavy (non-hydrogen) atoms. The molecule has 2 atom stereocenters. The zero-order valence-electron chi connectivity index (χ0n) is 12.7. The normalized spacial score (nSPS) is 21.8. The molecular formula is C17H21N3O2. The first kappa shape index (κ1) is 14.8. The fourth-order valence-electron chi connectivity index (χ4n) is 2.97. The molecule has 1 aliphatic heterocycles. The Morgan fingerprint density at radius 2 is 2.18 bits per heavy atom. The van der Waals surface area contributed by atoms with Gasteiger partial charge in [-0.3, -0.25) is 4.79 Å². The number of H-pyrrole nitrogens is 1. The van der Waals surface area contributed by atoms with Crippen LogP contribution in [0.3, 0.4) is 0 Å². The number of β-amino-alcohol motifs (C(OH)–C–C–N with tert-alkyl or cyclic N) is 1. The third-order valence-corrected chi connectivity index (χ3v) is 4.36. The van der Waals surface area contributed by atoms with E-state index in [0.29, 0.717) is 18.8 Å². The minimum Gasteiger partial charge on any atom is -0.391 e. The van der Waals surface area contributed by atoms with Gasteiger partial charge in [0, 0.05) is 13.1 Å². The summed E-state index contributed by atoms with van der Waals surface area (Å²) in [4.78, 5) is 20.6. The first-order chi connectivity index (χ1) is 10.6. The molecule has 0 bridgehead atoms. The van der Waals surface area contributed by atoms with Gasteiger partial charge in [-0.15, -0.1) is 0 Å². The van der Waals surface area contributed by atoms with Crippen molar-refractivity contribution in [1.82, 2.24) is 14.9 Å². The number of likely N-dealkylation sites (tertiary alicyclic amines) is 1. The summed E-state index contributed by atoms with van der Waals surface area (Å²) >= 11 is 0. The van der Waals surface area contributed by atoms with Crippen LogP contribution in [0.5, 0.6) is 0 Å². The lowest BCUT2D eigenvalue weighted by Crippen LogP contribution is -2.47. The van der Waals surface area contributed by atoms with Crippen molar-refractivity contribution in [3.63, 3.8) is 0 Å². The topological polar surface area (TPSA) is 69.2 Å². The number of amides is 1. The lowest BCUT2D eigenvalue weighted by Gasteiger charge is -2.35. The number of imidazole rings is 1. The number of aliphatic hydroxyl groups excluding tert-OH is 1. The van der Waals surface area contributed by atoms with Gasteiger partial charge in [0.15, 0.2) is 0 Å². The quantitative estimate of drug-likeness (QED) is 0.908. The van der Waals surface area contributed by atoms with Crippen molar-refractivity contribution in [2.24, 2.45) is 5.92 Å². The van der Waals surface area contributed by atoms with E-state index in [1.165, 1.54) is 23.7 Å². The molecule has 0 radical (unpaired) electrons. The molecule has 0 aliphatic carbocycles. The number of carbonyl (C=O) groups excluding carboxylic acids is 1. The maximum atomic E-state index is 12.3. The Morgan fingerprint density at radius 1 is 1.41 bits per heavy atom. The van der Waals surface area contributed by atoms with E-state index in [4.69, 9.17) is 0 Å². The molecule has 1 saturated heterocycles. The van der Waals surface area contributed by atoms with Crippen molar-refractivity contribution < 1.29 is 9.90 Å². The van der Waals surface area contributed by atoms with Gasteiger partial charge in [0.05, 0.1) is 18.6 Å². The summed E-state index contributed by atoms with van der Waals surface area (Å²) in [5.41, 5.74) is 2.96. The number of nitrogens with one attached hydrogen (secondary N) is 1. The molecule has 3 rings (SSSR count). The Morgan fingerprint density at radius 3 is 2.82 bits per heavy atom. The molecule has 0 spiro atoms. The molecule has 1 fully saturated rings. The second-order valence-corrected chi connectivity index (χ2v) is 6.02. The average molecular weight is 299 g/mol. The molecule has 2 heterocycles. The number of carbonyl (C=O) groups is 1. The number of nitrogens with zero attached hydrogens (tertiary/aromatic N) is 2. The third kappa shape index (κ3) is 3.20. The van der Waals surface area contributed by atoms with E-state index in [1.54, 1.807) is 4.90 Å². The van der Waals surface area contributed by atoms with Crippen molar-refractivity contribution in [2.75, 3.05) is 13.1 Å². The number of piperidine rings is 1. The van der Waals surface area contributed by atoms with Crippen LogP contribution in [0.4, 0.5) is 0 Å². The van der Waals surface area contributed by atoms with Gasteiger partial charge in [0.25, 0.3) is 5.91 Å². The second-order valence-electron chi connectivity index (χ2n) is 6.02. The lowest BCUT2D eigenvalue weighted by molar-refractivity contribution is 0.0195. The van der Waals surface area contributed by atoms with Crippen molar-refractivity contribution in [2.45, 2.75) is 25.9 Å². The number of aliphatic hydroxyl groups is 1. The van der Waals surface area contributed by atoms with E-state index in [9.17, 15) is 9.90 Å².